The van der Waals surface area contributed by atoms with Crippen molar-refractivity contribution in [3.05, 3.63) is 71.8 Å². The van der Waals surface area contributed by atoms with Gasteiger partial charge in [0.1, 0.15) is 5.82 Å². The van der Waals surface area contributed by atoms with Gasteiger partial charge < -0.3 is 9.64 Å². The van der Waals surface area contributed by atoms with Gasteiger partial charge in [-0.2, -0.15) is 0 Å². The van der Waals surface area contributed by atoms with Crippen LogP contribution in [0.4, 0.5) is 4.39 Å². The van der Waals surface area contributed by atoms with Crippen LogP contribution in [-0.4, -0.2) is 39.4 Å². The van der Waals surface area contributed by atoms with E-state index in [1.807, 2.05) is 6.07 Å². The van der Waals surface area contributed by atoms with Gasteiger partial charge in [-0.05, 0) is 31.0 Å². The van der Waals surface area contributed by atoms with E-state index in [1.54, 1.807) is 41.3 Å². The monoisotopic (exact) mass is 379 g/mol. The van der Waals surface area contributed by atoms with Crippen molar-refractivity contribution in [2.45, 2.75) is 25.4 Å². The smallest absolute Gasteiger partial charge is 0.359 e. The van der Waals surface area contributed by atoms with E-state index in [0.29, 0.717) is 16.6 Å². The number of nitrogens with zero attached hydrogens (tertiary/aromatic N) is 3. The standard InChI is InChI=1S/C21H18FN3O3/c22-16-6-2-1-5-14(16)12-25(15-9-10-15)20(26)13-28-21(27)19-11-23-17-7-3-4-8-18(17)24-19/h1-8,11,15H,9-10,12-13H2. The molecule has 3 aromatic rings. The molecule has 0 unspecified atom stereocenters. The summed E-state index contributed by atoms with van der Waals surface area (Å²) in [4.78, 5) is 34.8. The van der Waals surface area contributed by atoms with Gasteiger partial charge in [-0.1, -0.05) is 30.3 Å². The molecule has 1 fully saturated rings. The molecule has 0 radical (unpaired) electrons. The van der Waals surface area contributed by atoms with E-state index < -0.39 is 12.6 Å². The summed E-state index contributed by atoms with van der Waals surface area (Å²) in [7, 11) is 0. The number of benzene rings is 2. The third-order valence-corrected chi connectivity index (χ3v) is 4.59. The average molecular weight is 379 g/mol. The van der Waals surface area contributed by atoms with Crippen molar-refractivity contribution >= 4 is 22.9 Å². The van der Waals surface area contributed by atoms with E-state index in [-0.39, 0.29) is 30.0 Å². The van der Waals surface area contributed by atoms with Crippen molar-refractivity contribution in [1.29, 1.82) is 0 Å². The molecule has 2 aromatic carbocycles. The predicted molar refractivity (Wildman–Crippen MR) is 99.8 cm³/mol. The van der Waals surface area contributed by atoms with Crippen LogP contribution < -0.4 is 0 Å². The molecular formula is C21H18FN3O3. The van der Waals surface area contributed by atoms with Crippen molar-refractivity contribution in [1.82, 2.24) is 14.9 Å². The second-order valence-corrected chi connectivity index (χ2v) is 6.66. The summed E-state index contributed by atoms with van der Waals surface area (Å²) in [5.41, 5.74) is 1.72. The first-order chi connectivity index (χ1) is 13.6. The van der Waals surface area contributed by atoms with E-state index in [1.165, 1.54) is 12.3 Å². The number of amides is 1. The molecule has 4 rings (SSSR count). The number of esters is 1. The summed E-state index contributed by atoms with van der Waals surface area (Å²) < 4.78 is 19.1. The van der Waals surface area contributed by atoms with Crippen molar-refractivity contribution in [3.8, 4) is 0 Å². The number of hydrogen-bond acceptors (Lipinski definition) is 5. The molecule has 0 aliphatic heterocycles. The first-order valence-electron chi connectivity index (χ1n) is 9.03. The van der Waals surface area contributed by atoms with E-state index >= 15 is 0 Å². The molecule has 0 bridgehead atoms. The van der Waals surface area contributed by atoms with Gasteiger partial charge in [-0.3, -0.25) is 9.78 Å². The fourth-order valence-electron chi connectivity index (χ4n) is 2.96. The minimum atomic E-state index is -0.715. The third kappa shape index (κ3) is 3.98. The lowest BCUT2D eigenvalue weighted by Crippen LogP contribution is -2.36. The zero-order valence-electron chi connectivity index (χ0n) is 15.0. The number of halogens is 1. The fraction of sp³-hybridized carbons (Fsp3) is 0.238. The maximum absolute atomic E-state index is 13.9. The molecule has 0 atom stereocenters. The number of para-hydroxylation sites is 2. The van der Waals surface area contributed by atoms with Gasteiger partial charge in [-0.15, -0.1) is 0 Å². The maximum atomic E-state index is 13.9. The molecule has 1 aliphatic rings. The van der Waals surface area contributed by atoms with Crippen LogP contribution in [-0.2, 0) is 16.1 Å². The lowest BCUT2D eigenvalue weighted by atomic mass is 10.2. The van der Waals surface area contributed by atoms with Crippen molar-refractivity contribution in [2.75, 3.05) is 6.61 Å². The molecule has 1 heterocycles. The number of aromatic nitrogens is 2. The van der Waals surface area contributed by atoms with Crippen LogP contribution in [0.25, 0.3) is 11.0 Å². The number of ether oxygens (including phenoxy) is 1. The number of rotatable bonds is 6. The van der Waals surface area contributed by atoms with Crippen LogP contribution in [0, 0.1) is 5.82 Å². The van der Waals surface area contributed by atoms with E-state index in [4.69, 9.17) is 4.74 Å². The quantitative estimate of drug-likeness (QED) is 0.616. The van der Waals surface area contributed by atoms with Crippen LogP contribution >= 0.6 is 0 Å². The van der Waals surface area contributed by atoms with Crippen LogP contribution in [0.1, 0.15) is 28.9 Å². The highest BCUT2D eigenvalue weighted by molar-refractivity contribution is 5.91. The van der Waals surface area contributed by atoms with E-state index in [0.717, 1.165) is 12.8 Å². The van der Waals surface area contributed by atoms with Gasteiger partial charge in [0.25, 0.3) is 5.91 Å². The van der Waals surface area contributed by atoms with Crippen LogP contribution in [0.2, 0.25) is 0 Å². The van der Waals surface area contributed by atoms with Crippen LogP contribution in [0.15, 0.2) is 54.7 Å². The Bertz CT molecular complexity index is 1040. The third-order valence-electron chi connectivity index (χ3n) is 4.59. The fourth-order valence-corrected chi connectivity index (χ4v) is 2.96. The van der Waals surface area contributed by atoms with Gasteiger partial charge in [0, 0.05) is 18.2 Å². The Morgan fingerprint density at radius 2 is 1.79 bits per heavy atom. The van der Waals surface area contributed by atoms with Crippen LogP contribution in [0.5, 0.6) is 0 Å². The first kappa shape index (κ1) is 18.0. The van der Waals surface area contributed by atoms with Gasteiger partial charge in [0.05, 0.1) is 17.2 Å². The van der Waals surface area contributed by atoms with Gasteiger partial charge in [-0.25, -0.2) is 14.2 Å². The Hall–Kier alpha value is -3.35. The Labute approximate surface area is 161 Å². The lowest BCUT2D eigenvalue weighted by molar-refractivity contribution is -0.135. The largest absolute Gasteiger partial charge is 0.451 e. The molecule has 1 aliphatic carbocycles. The molecule has 142 valence electrons. The van der Waals surface area contributed by atoms with Crippen molar-refractivity contribution < 1.29 is 18.7 Å². The Morgan fingerprint density at radius 1 is 1.07 bits per heavy atom. The van der Waals surface area contributed by atoms with Gasteiger partial charge >= 0.3 is 5.97 Å². The minimum absolute atomic E-state index is 0.0403. The molecule has 1 aromatic heterocycles. The summed E-state index contributed by atoms with van der Waals surface area (Å²) in [6, 6.07) is 13.6. The van der Waals surface area contributed by atoms with E-state index in [2.05, 4.69) is 9.97 Å². The molecule has 6 nitrogen and oxygen atoms in total. The zero-order chi connectivity index (χ0) is 19.5. The lowest BCUT2D eigenvalue weighted by Gasteiger charge is -2.22. The van der Waals surface area contributed by atoms with Crippen LogP contribution in [0.3, 0.4) is 0 Å². The molecule has 1 saturated carbocycles. The molecular weight excluding hydrogens is 361 g/mol. The normalized spacial score (nSPS) is 13.3. The second-order valence-electron chi connectivity index (χ2n) is 6.66. The Morgan fingerprint density at radius 3 is 2.54 bits per heavy atom. The summed E-state index contributed by atoms with van der Waals surface area (Å²) in [5.74, 6) is -1.43. The molecule has 28 heavy (non-hydrogen) atoms. The summed E-state index contributed by atoms with van der Waals surface area (Å²) in [5, 5.41) is 0. The van der Waals surface area contributed by atoms with E-state index in [9.17, 15) is 14.0 Å². The Kier molecular flexibility index (Phi) is 4.97. The average Bonchev–Trinajstić information content (AvgIpc) is 3.56. The topological polar surface area (TPSA) is 72.4 Å². The highest BCUT2D eigenvalue weighted by Crippen LogP contribution is 2.29. The predicted octanol–water partition coefficient (Wildman–Crippen LogP) is 3.12. The molecule has 0 saturated heterocycles. The van der Waals surface area contributed by atoms with Gasteiger partial charge in [0.2, 0.25) is 0 Å². The number of carbonyl (C=O) groups is 2. The second kappa shape index (κ2) is 7.72. The molecule has 0 N–H and O–H groups in total. The summed E-state index contributed by atoms with van der Waals surface area (Å²) in [6.07, 6.45) is 3.06. The summed E-state index contributed by atoms with van der Waals surface area (Å²) in [6.45, 7) is -0.262. The molecule has 7 heteroatoms. The van der Waals surface area contributed by atoms with Crippen molar-refractivity contribution in [3.63, 3.8) is 0 Å². The number of hydrogen-bond donors (Lipinski definition) is 0. The molecule has 0 spiro atoms. The minimum Gasteiger partial charge on any atom is -0.451 e. The summed E-state index contributed by atoms with van der Waals surface area (Å²) >= 11 is 0. The first-order valence-corrected chi connectivity index (χ1v) is 9.03. The highest BCUT2D eigenvalue weighted by Gasteiger charge is 2.33. The van der Waals surface area contributed by atoms with Crippen molar-refractivity contribution in [2.24, 2.45) is 0 Å². The SMILES string of the molecule is O=C(OCC(=O)N(Cc1ccccc1F)C1CC1)c1cnc2ccccc2n1. The highest BCUT2D eigenvalue weighted by atomic mass is 19.1. The maximum Gasteiger partial charge on any atom is 0.359 e. The Balaban J connectivity index is 1.41. The molecule has 1 amide bonds. The number of carbonyl (C=O) groups excluding carboxylic acids is 2. The number of fused-ring (bicyclic) bond motifs is 1. The zero-order valence-corrected chi connectivity index (χ0v) is 15.0. The van der Waals surface area contributed by atoms with Gasteiger partial charge in [0.15, 0.2) is 12.3 Å².